The van der Waals surface area contributed by atoms with Crippen LogP contribution in [0.1, 0.15) is 30.4 Å². The Kier molecular flexibility index (Phi) is 3.70. The minimum atomic E-state index is -0.787. The minimum Gasteiger partial charge on any atom is -0.314 e. The molecule has 2 nitrogen and oxygen atoms in total. The van der Waals surface area contributed by atoms with Crippen LogP contribution < -0.4 is 5.32 Å². The Morgan fingerprint density at radius 1 is 1.29 bits per heavy atom. The van der Waals surface area contributed by atoms with E-state index in [4.69, 9.17) is 5.26 Å². The lowest BCUT2D eigenvalue weighted by atomic mass is 9.96. The fourth-order valence-corrected chi connectivity index (χ4v) is 2.20. The summed E-state index contributed by atoms with van der Waals surface area (Å²) in [5.74, 6) is -1.35. The molecule has 0 radical (unpaired) electrons. The van der Waals surface area contributed by atoms with Crippen molar-refractivity contribution in [2.75, 3.05) is 6.54 Å². The van der Waals surface area contributed by atoms with Crippen LogP contribution in [0.4, 0.5) is 8.78 Å². The van der Waals surface area contributed by atoms with E-state index in [0.717, 1.165) is 31.9 Å². The van der Waals surface area contributed by atoms with Crippen LogP contribution in [0, 0.1) is 23.0 Å². The first-order valence-electron chi connectivity index (χ1n) is 5.82. The number of hydrogen-bond acceptors (Lipinski definition) is 2. The number of nitriles is 1. The maximum atomic E-state index is 13.5. The lowest BCUT2D eigenvalue weighted by Crippen LogP contribution is -2.35. The second-order valence-corrected chi connectivity index (χ2v) is 4.39. The molecule has 1 aromatic carbocycles. The summed E-state index contributed by atoms with van der Waals surface area (Å²) in [6.07, 6.45) is 3.79. The maximum Gasteiger partial charge on any atom is 0.143 e. The predicted molar refractivity (Wildman–Crippen MR) is 60.4 cm³/mol. The number of hydrogen-bond donors (Lipinski definition) is 1. The summed E-state index contributed by atoms with van der Waals surface area (Å²) in [5.41, 5.74) is 0.333. The largest absolute Gasteiger partial charge is 0.314 e. The van der Waals surface area contributed by atoms with Crippen LogP contribution in [0.25, 0.3) is 0 Å². The highest BCUT2D eigenvalue weighted by Gasteiger charge is 2.17. The molecule has 1 heterocycles. The Balaban J connectivity index is 2.17. The molecular formula is C13H14F2N2. The smallest absolute Gasteiger partial charge is 0.143 e. The molecule has 0 aliphatic carbocycles. The van der Waals surface area contributed by atoms with Crippen molar-refractivity contribution in [3.63, 3.8) is 0 Å². The molecule has 1 aromatic rings. The van der Waals surface area contributed by atoms with Gasteiger partial charge in [0.2, 0.25) is 0 Å². The van der Waals surface area contributed by atoms with Crippen molar-refractivity contribution >= 4 is 0 Å². The number of nitrogens with one attached hydrogen (secondary N) is 1. The Hall–Kier alpha value is -1.47. The minimum absolute atomic E-state index is 0.0859. The molecule has 4 heteroatoms. The van der Waals surface area contributed by atoms with Gasteiger partial charge in [0.05, 0.1) is 5.56 Å². The van der Waals surface area contributed by atoms with Gasteiger partial charge in [0.25, 0.3) is 0 Å². The zero-order valence-corrected chi connectivity index (χ0v) is 9.47. The molecule has 1 aliphatic rings. The van der Waals surface area contributed by atoms with E-state index in [0.29, 0.717) is 12.0 Å². The average molecular weight is 236 g/mol. The zero-order valence-electron chi connectivity index (χ0n) is 9.47. The van der Waals surface area contributed by atoms with Crippen LogP contribution in [0.15, 0.2) is 12.1 Å². The van der Waals surface area contributed by atoms with Crippen LogP contribution in [0.5, 0.6) is 0 Å². The molecular weight excluding hydrogens is 222 g/mol. The van der Waals surface area contributed by atoms with Gasteiger partial charge in [0.15, 0.2) is 0 Å². The Labute approximate surface area is 99.3 Å². The normalized spacial score (nSPS) is 19.9. The van der Waals surface area contributed by atoms with Gasteiger partial charge in [0, 0.05) is 12.1 Å². The summed E-state index contributed by atoms with van der Waals surface area (Å²) in [5, 5.41) is 12.0. The first-order valence-corrected chi connectivity index (χ1v) is 5.82. The second kappa shape index (κ2) is 5.24. The van der Waals surface area contributed by atoms with Crippen LogP contribution in [0.2, 0.25) is 0 Å². The van der Waals surface area contributed by atoms with Gasteiger partial charge in [0.1, 0.15) is 17.7 Å². The third kappa shape index (κ3) is 2.80. The first kappa shape index (κ1) is 12.0. The highest BCUT2D eigenvalue weighted by Crippen LogP contribution is 2.18. The van der Waals surface area contributed by atoms with Gasteiger partial charge in [-0.2, -0.15) is 5.26 Å². The first-order chi connectivity index (χ1) is 8.20. The predicted octanol–water partition coefficient (Wildman–Crippen LogP) is 2.52. The lowest BCUT2D eigenvalue weighted by Gasteiger charge is -2.23. The molecule has 2 rings (SSSR count). The molecule has 90 valence electrons. The van der Waals surface area contributed by atoms with Crippen molar-refractivity contribution in [2.45, 2.75) is 31.7 Å². The van der Waals surface area contributed by atoms with Crippen molar-refractivity contribution in [3.8, 4) is 6.07 Å². The summed E-state index contributed by atoms with van der Waals surface area (Å²) in [4.78, 5) is 0. The lowest BCUT2D eigenvalue weighted by molar-refractivity contribution is 0.394. The zero-order chi connectivity index (χ0) is 12.3. The molecule has 1 aliphatic heterocycles. The highest BCUT2D eigenvalue weighted by molar-refractivity contribution is 5.35. The third-order valence-electron chi connectivity index (χ3n) is 3.14. The van der Waals surface area contributed by atoms with Crippen LogP contribution in [-0.2, 0) is 6.42 Å². The standard InChI is InChI=1S/C13H14F2N2/c14-12-7-13(15)10(8-16)5-9(12)6-11-3-1-2-4-17-11/h5,7,11,17H,1-4,6H2. The topological polar surface area (TPSA) is 35.8 Å². The van der Waals surface area contributed by atoms with Crippen molar-refractivity contribution in [2.24, 2.45) is 0 Å². The highest BCUT2D eigenvalue weighted by atomic mass is 19.1. The van der Waals surface area contributed by atoms with E-state index in [1.165, 1.54) is 6.07 Å². The molecule has 1 N–H and O–H groups in total. The van der Waals surface area contributed by atoms with Gasteiger partial charge in [-0.05, 0) is 37.4 Å². The number of halogens is 2. The Morgan fingerprint density at radius 2 is 2.12 bits per heavy atom. The van der Waals surface area contributed by atoms with Crippen LogP contribution >= 0.6 is 0 Å². The summed E-state index contributed by atoms with van der Waals surface area (Å²) >= 11 is 0. The van der Waals surface area contributed by atoms with E-state index in [1.54, 1.807) is 6.07 Å². The summed E-state index contributed by atoms with van der Waals surface area (Å²) in [6.45, 7) is 0.943. The Morgan fingerprint density at radius 3 is 2.76 bits per heavy atom. The van der Waals surface area contributed by atoms with Gasteiger partial charge in [-0.15, -0.1) is 0 Å². The number of piperidine rings is 1. The van der Waals surface area contributed by atoms with E-state index in [-0.39, 0.29) is 11.6 Å². The molecule has 0 amide bonds. The van der Waals surface area contributed by atoms with Crippen molar-refractivity contribution in [1.82, 2.24) is 5.32 Å². The van der Waals surface area contributed by atoms with Gasteiger partial charge >= 0.3 is 0 Å². The molecule has 1 fully saturated rings. The van der Waals surface area contributed by atoms with Crippen LogP contribution in [0.3, 0.4) is 0 Å². The molecule has 1 atom stereocenters. The maximum absolute atomic E-state index is 13.5. The van der Waals surface area contributed by atoms with Crippen molar-refractivity contribution in [3.05, 3.63) is 34.9 Å². The molecule has 0 saturated carbocycles. The fourth-order valence-electron chi connectivity index (χ4n) is 2.20. The average Bonchev–Trinajstić information content (AvgIpc) is 2.34. The molecule has 0 spiro atoms. The molecule has 1 saturated heterocycles. The summed E-state index contributed by atoms with van der Waals surface area (Å²) < 4.78 is 26.7. The number of nitrogens with zero attached hydrogens (tertiary/aromatic N) is 1. The number of rotatable bonds is 2. The summed E-state index contributed by atoms with van der Waals surface area (Å²) in [7, 11) is 0. The van der Waals surface area contributed by atoms with Gasteiger partial charge in [-0.25, -0.2) is 8.78 Å². The molecule has 0 bridgehead atoms. The third-order valence-corrected chi connectivity index (χ3v) is 3.14. The van der Waals surface area contributed by atoms with Crippen molar-refractivity contribution in [1.29, 1.82) is 5.26 Å². The Bertz CT molecular complexity index is 445. The van der Waals surface area contributed by atoms with E-state index in [9.17, 15) is 8.78 Å². The van der Waals surface area contributed by atoms with E-state index in [1.807, 2.05) is 0 Å². The number of benzene rings is 1. The van der Waals surface area contributed by atoms with E-state index < -0.39 is 11.6 Å². The van der Waals surface area contributed by atoms with Crippen molar-refractivity contribution < 1.29 is 8.78 Å². The van der Waals surface area contributed by atoms with E-state index in [2.05, 4.69) is 5.32 Å². The summed E-state index contributed by atoms with van der Waals surface area (Å²) in [6, 6.07) is 4.09. The van der Waals surface area contributed by atoms with Gasteiger partial charge < -0.3 is 5.32 Å². The quantitative estimate of drug-likeness (QED) is 0.856. The SMILES string of the molecule is N#Cc1cc(CC2CCCCN2)c(F)cc1F. The fraction of sp³-hybridized carbons (Fsp3) is 0.462. The monoisotopic (exact) mass is 236 g/mol. The molecule has 17 heavy (non-hydrogen) atoms. The molecule has 0 aromatic heterocycles. The van der Waals surface area contributed by atoms with Crippen LogP contribution in [-0.4, -0.2) is 12.6 Å². The molecule has 1 unspecified atom stereocenters. The van der Waals surface area contributed by atoms with Gasteiger partial charge in [-0.1, -0.05) is 6.42 Å². The second-order valence-electron chi connectivity index (χ2n) is 4.39. The van der Waals surface area contributed by atoms with Gasteiger partial charge in [-0.3, -0.25) is 0 Å². The van der Waals surface area contributed by atoms with E-state index >= 15 is 0 Å².